The van der Waals surface area contributed by atoms with E-state index in [1.807, 2.05) is 41.9 Å². The Morgan fingerprint density at radius 2 is 1.91 bits per heavy atom. The first kappa shape index (κ1) is 28.0. The van der Waals surface area contributed by atoms with Crippen molar-refractivity contribution in [3.63, 3.8) is 0 Å². The molecule has 0 unspecified atom stereocenters. The fraction of sp³-hybridized carbons (Fsp3) is 0.273. The maximum absolute atomic E-state index is 12.4. The van der Waals surface area contributed by atoms with E-state index in [9.17, 15) is 14.7 Å². The van der Waals surface area contributed by atoms with Gasteiger partial charge in [-0.15, -0.1) is 0 Å². The lowest BCUT2D eigenvalue weighted by Crippen LogP contribution is -2.29. The highest BCUT2D eigenvalue weighted by Crippen LogP contribution is 2.35. The minimum absolute atomic E-state index is 0.0310. The van der Waals surface area contributed by atoms with Crippen LogP contribution in [0, 0.1) is 6.92 Å². The van der Waals surface area contributed by atoms with Crippen molar-refractivity contribution in [2.24, 2.45) is 0 Å². The standard InChI is InChI=1S/C33H33N5O5/c1-3-42-33(41)37-15-13-22(18-37)38-29-11-10-21(23-7-5-8-25-24(23)12-14-35-32(25)34)16-27(29)28(36-38)19-43-30-9-4-6-20(2)26(30)17-31(39)40/h4-12,14,16,22H,3,13,15,17-19H2,1-2H3,(H2,34,35)(H,39,40)/t22-/m0/s1. The number of carboxylic acids is 1. The summed E-state index contributed by atoms with van der Waals surface area (Å²) >= 11 is 0. The summed E-state index contributed by atoms with van der Waals surface area (Å²) in [6, 6.07) is 19.7. The third-order valence-electron chi connectivity index (χ3n) is 8.03. The van der Waals surface area contributed by atoms with Gasteiger partial charge in [0.05, 0.1) is 24.6 Å². The van der Waals surface area contributed by atoms with Gasteiger partial charge in [-0.05, 0) is 66.6 Å². The normalized spacial score (nSPS) is 14.8. The molecule has 0 spiro atoms. The van der Waals surface area contributed by atoms with Crippen LogP contribution in [-0.2, 0) is 22.6 Å². The SMILES string of the molecule is CCOC(=O)N1CC[C@H](n2nc(COc3cccc(C)c3CC(=O)O)c3cc(-c4cccc5c(N)nccc45)ccc32)C1. The van der Waals surface area contributed by atoms with Crippen LogP contribution in [0.5, 0.6) is 5.75 Å². The highest BCUT2D eigenvalue weighted by Gasteiger charge is 2.30. The smallest absolute Gasteiger partial charge is 0.409 e. The molecule has 0 aliphatic carbocycles. The fourth-order valence-electron chi connectivity index (χ4n) is 5.90. The van der Waals surface area contributed by atoms with Crippen molar-refractivity contribution < 1.29 is 24.2 Å². The number of nitrogens with two attached hydrogens (primary N) is 1. The molecular weight excluding hydrogens is 546 g/mol. The summed E-state index contributed by atoms with van der Waals surface area (Å²) < 4.78 is 13.5. The summed E-state index contributed by atoms with van der Waals surface area (Å²) in [7, 11) is 0. The van der Waals surface area contributed by atoms with Crippen LogP contribution in [0.3, 0.4) is 0 Å². The number of aromatic nitrogens is 3. The number of pyridine rings is 1. The monoisotopic (exact) mass is 579 g/mol. The number of hydrogen-bond acceptors (Lipinski definition) is 7. The zero-order chi connectivity index (χ0) is 30.1. The molecular formula is C33H33N5O5. The van der Waals surface area contributed by atoms with Crippen LogP contribution in [0.25, 0.3) is 32.8 Å². The van der Waals surface area contributed by atoms with Crippen molar-refractivity contribution in [3.8, 4) is 16.9 Å². The van der Waals surface area contributed by atoms with Crippen LogP contribution in [0.15, 0.2) is 66.9 Å². The number of aryl methyl sites for hydroxylation is 1. The molecule has 1 saturated heterocycles. The highest BCUT2D eigenvalue weighted by molar-refractivity contribution is 6.02. The summed E-state index contributed by atoms with van der Waals surface area (Å²) in [6.07, 6.45) is 2.01. The van der Waals surface area contributed by atoms with E-state index >= 15 is 0 Å². The molecule has 0 saturated carbocycles. The molecule has 0 radical (unpaired) electrons. The van der Waals surface area contributed by atoms with Crippen molar-refractivity contribution in [1.29, 1.82) is 0 Å². The Morgan fingerprint density at radius 1 is 1.07 bits per heavy atom. The number of likely N-dealkylation sites (tertiary alicyclic amines) is 1. The number of carboxylic acid groups (broad SMARTS) is 1. The topological polar surface area (TPSA) is 133 Å². The number of amides is 1. The van der Waals surface area contributed by atoms with E-state index in [-0.39, 0.29) is 25.2 Å². The van der Waals surface area contributed by atoms with Crippen LogP contribution in [0.1, 0.15) is 36.2 Å². The van der Waals surface area contributed by atoms with Crippen LogP contribution in [0.4, 0.5) is 10.6 Å². The molecule has 220 valence electrons. The molecule has 6 rings (SSSR count). The fourth-order valence-corrected chi connectivity index (χ4v) is 5.90. The van der Waals surface area contributed by atoms with Crippen molar-refractivity contribution >= 4 is 39.6 Å². The highest BCUT2D eigenvalue weighted by atomic mass is 16.6. The maximum atomic E-state index is 12.4. The number of ether oxygens (including phenoxy) is 2. The van der Waals surface area contributed by atoms with Crippen molar-refractivity contribution in [1.82, 2.24) is 19.7 Å². The number of nitrogen functional groups attached to an aromatic ring is 1. The van der Waals surface area contributed by atoms with Gasteiger partial charge in [0, 0.05) is 35.6 Å². The van der Waals surface area contributed by atoms with Gasteiger partial charge in [0.1, 0.15) is 23.9 Å². The van der Waals surface area contributed by atoms with Gasteiger partial charge in [0.2, 0.25) is 0 Å². The number of benzene rings is 3. The molecule has 1 amide bonds. The number of rotatable bonds is 8. The number of anilines is 1. The van der Waals surface area contributed by atoms with E-state index < -0.39 is 5.97 Å². The Hall–Kier alpha value is -5.12. The number of aliphatic carboxylic acids is 1. The summed E-state index contributed by atoms with van der Waals surface area (Å²) in [5, 5.41) is 17.3. The molecule has 1 aliphatic heterocycles. The van der Waals surface area contributed by atoms with E-state index in [0.29, 0.717) is 36.8 Å². The molecule has 10 nitrogen and oxygen atoms in total. The number of carbonyl (C=O) groups excluding carboxylic acids is 1. The van der Waals surface area contributed by atoms with Gasteiger partial charge in [-0.1, -0.05) is 36.4 Å². The summed E-state index contributed by atoms with van der Waals surface area (Å²) in [5.74, 6) is 0.0783. The second kappa shape index (κ2) is 11.6. The molecule has 43 heavy (non-hydrogen) atoms. The third kappa shape index (κ3) is 5.43. The second-order valence-corrected chi connectivity index (χ2v) is 10.7. The van der Waals surface area contributed by atoms with Crippen molar-refractivity contribution in [2.75, 3.05) is 25.4 Å². The molecule has 0 bridgehead atoms. The van der Waals surface area contributed by atoms with Gasteiger partial charge in [0.25, 0.3) is 0 Å². The van der Waals surface area contributed by atoms with Gasteiger partial charge >= 0.3 is 12.1 Å². The number of hydrogen-bond donors (Lipinski definition) is 2. The van der Waals surface area contributed by atoms with Gasteiger partial charge in [-0.3, -0.25) is 9.48 Å². The number of nitrogens with zero attached hydrogens (tertiary/aromatic N) is 4. The Kier molecular flexibility index (Phi) is 7.58. The first-order chi connectivity index (χ1) is 20.8. The van der Waals surface area contributed by atoms with Gasteiger partial charge in [0.15, 0.2) is 0 Å². The first-order valence-electron chi connectivity index (χ1n) is 14.3. The second-order valence-electron chi connectivity index (χ2n) is 10.7. The Balaban J connectivity index is 1.41. The van der Waals surface area contributed by atoms with E-state index in [2.05, 4.69) is 29.2 Å². The largest absolute Gasteiger partial charge is 0.487 e. The van der Waals surface area contributed by atoms with Gasteiger partial charge in [-0.2, -0.15) is 5.10 Å². The average molecular weight is 580 g/mol. The number of carbonyl (C=O) groups is 2. The summed E-state index contributed by atoms with van der Waals surface area (Å²) in [6.45, 7) is 5.23. The Bertz CT molecular complexity index is 1850. The molecule has 3 aromatic carbocycles. The molecule has 10 heteroatoms. The summed E-state index contributed by atoms with van der Waals surface area (Å²) in [4.78, 5) is 29.9. The molecule has 1 aliphatic rings. The van der Waals surface area contributed by atoms with Gasteiger partial charge in [-0.25, -0.2) is 9.78 Å². The molecule has 3 heterocycles. The Morgan fingerprint density at radius 3 is 2.72 bits per heavy atom. The van der Waals surface area contributed by atoms with Crippen LogP contribution < -0.4 is 10.5 Å². The number of fused-ring (bicyclic) bond motifs is 2. The minimum Gasteiger partial charge on any atom is -0.487 e. The summed E-state index contributed by atoms with van der Waals surface area (Å²) in [5.41, 5.74) is 11.3. The predicted molar refractivity (Wildman–Crippen MR) is 164 cm³/mol. The van der Waals surface area contributed by atoms with Crippen LogP contribution in [0.2, 0.25) is 0 Å². The molecule has 2 aromatic heterocycles. The zero-order valence-electron chi connectivity index (χ0n) is 24.1. The third-order valence-corrected chi connectivity index (χ3v) is 8.03. The van der Waals surface area contributed by atoms with Crippen molar-refractivity contribution in [3.05, 3.63) is 83.7 Å². The molecule has 5 aromatic rings. The van der Waals surface area contributed by atoms with Crippen LogP contribution in [-0.4, -0.2) is 56.5 Å². The van der Waals surface area contributed by atoms with E-state index in [1.54, 1.807) is 24.1 Å². The minimum atomic E-state index is -0.920. The lowest BCUT2D eigenvalue weighted by Gasteiger charge is -2.16. The molecule has 3 N–H and O–H groups in total. The lowest BCUT2D eigenvalue weighted by atomic mass is 9.97. The van der Waals surface area contributed by atoms with Gasteiger partial charge < -0.3 is 25.2 Å². The van der Waals surface area contributed by atoms with Crippen molar-refractivity contribution in [2.45, 2.75) is 39.3 Å². The average Bonchev–Trinajstić information content (AvgIpc) is 3.62. The quantitative estimate of drug-likeness (QED) is 0.237. The first-order valence-corrected chi connectivity index (χ1v) is 14.3. The van der Waals surface area contributed by atoms with E-state index in [0.717, 1.165) is 50.5 Å². The van der Waals surface area contributed by atoms with Crippen LogP contribution >= 0.6 is 0 Å². The Labute approximate surface area is 248 Å². The predicted octanol–water partition coefficient (Wildman–Crippen LogP) is 5.75. The van der Waals surface area contributed by atoms with E-state index in [1.165, 1.54) is 0 Å². The molecule has 1 atom stereocenters. The van der Waals surface area contributed by atoms with E-state index in [4.69, 9.17) is 20.3 Å². The zero-order valence-corrected chi connectivity index (χ0v) is 24.1. The molecule has 1 fully saturated rings. The lowest BCUT2D eigenvalue weighted by molar-refractivity contribution is -0.136. The maximum Gasteiger partial charge on any atom is 0.409 e.